The van der Waals surface area contributed by atoms with Crippen molar-refractivity contribution in [3.63, 3.8) is 0 Å². The van der Waals surface area contributed by atoms with Crippen LogP contribution in [0.2, 0.25) is 0 Å². The highest BCUT2D eigenvalue weighted by Crippen LogP contribution is 2.25. The lowest BCUT2D eigenvalue weighted by Gasteiger charge is -2.09. The minimum Gasteiger partial charge on any atom is -0.368 e. The van der Waals surface area contributed by atoms with Crippen LogP contribution < -0.4 is 11.1 Å². The Morgan fingerprint density at radius 1 is 1.03 bits per heavy atom. The third kappa shape index (κ3) is 3.89. The number of benzene rings is 2. The standard InChI is InChI=1S/C21H21N9S/c1-12(2)13-7-9-14(10-8-13)23-19-26-17(25-18(22)27-19)11-31-21-29-28-20-24-15-5-3-4-6-16(15)30(20)21/h3-10,12H,11H2,1-2H3,(H,24,28)(H3,22,23,25,26,27). The molecular formula is C21H21N9S. The summed E-state index contributed by atoms with van der Waals surface area (Å²) < 4.78 is 1.99. The fourth-order valence-electron chi connectivity index (χ4n) is 3.31. The van der Waals surface area contributed by atoms with E-state index < -0.39 is 0 Å². The van der Waals surface area contributed by atoms with Crippen molar-refractivity contribution in [2.24, 2.45) is 0 Å². The Balaban J connectivity index is 1.35. The second kappa shape index (κ2) is 7.88. The molecule has 3 aromatic heterocycles. The van der Waals surface area contributed by atoms with E-state index in [1.54, 1.807) is 0 Å². The second-order valence-electron chi connectivity index (χ2n) is 7.39. The van der Waals surface area contributed by atoms with E-state index >= 15 is 0 Å². The molecule has 0 fully saturated rings. The summed E-state index contributed by atoms with van der Waals surface area (Å²) in [5, 5.41) is 11.3. The van der Waals surface area contributed by atoms with Crippen LogP contribution in [0.5, 0.6) is 0 Å². The summed E-state index contributed by atoms with van der Waals surface area (Å²) in [7, 11) is 0. The Bertz CT molecular complexity index is 1350. The molecule has 0 atom stereocenters. The zero-order valence-electron chi connectivity index (χ0n) is 17.1. The van der Waals surface area contributed by atoms with Crippen molar-refractivity contribution in [3.8, 4) is 0 Å². The van der Waals surface area contributed by atoms with Crippen molar-refractivity contribution in [1.82, 2.24) is 34.5 Å². The molecular weight excluding hydrogens is 410 g/mol. The SMILES string of the molecule is CC(C)c1ccc(Nc2nc(N)nc(CSc3n[nH]c4nc5ccccc5n34)n2)cc1. The van der Waals surface area contributed by atoms with Crippen LogP contribution >= 0.6 is 11.8 Å². The number of nitrogens with two attached hydrogens (primary N) is 1. The molecule has 31 heavy (non-hydrogen) atoms. The monoisotopic (exact) mass is 431 g/mol. The average molecular weight is 432 g/mol. The van der Waals surface area contributed by atoms with Gasteiger partial charge in [0.15, 0.2) is 5.16 Å². The van der Waals surface area contributed by atoms with Gasteiger partial charge in [-0.1, -0.05) is 49.9 Å². The summed E-state index contributed by atoms with van der Waals surface area (Å²) in [4.78, 5) is 17.5. The Hall–Kier alpha value is -3.66. The van der Waals surface area contributed by atoms with Crippen molar-refractivity contribution in [3.05, 3.63) is 59.9 Å². The third-order valence-electron chi connectivity index (χ3n) is 4.87. The number of para-hydroxylation sites is 2. The molecule has 0 saturated carbocycles. The maximum Gasteiger partial charge on any atom is 0.232 e. The van der Waals surface area contributed by atoms with Gasteiger partial charge < -0.3 is 11.1 Å². The van der Waals surface area contributed by atoms with Gasteiger partial charge in [-0.15, -0.1) is 5.10 Å². The number of aromatic nitrogens is 7. The molecule has 0 radical (unpaired) electrons. The highest BCUT2D eigenvalue weighted by Gasteiger charge is 2.13. The van der Waals surface area contributed by atoms with Gasteiger partial charge in [-0.05, 0) is 35.7 Å². The number of imidazole rings is 1. The number of nitrogens with zero attached hydrogens (tertiary/aromatic N) is 6. The van der Waals surface area contributed by atoms with Crippen molar-refractivity contribution in [2.45, 2.75) is 30.7 Å². The van der Waals surface area contributed by atoms with Gasteiger partial charge in [0, 0.05) is 5.69 Å². The molecule has 10 heteroatoms. The van der Waals surface area contributed by atoms with Crippen molar-refractivity contribution >= 4 is 46.2 Å². The maximum atomic E-state index is 5.93. The number of rotatable bonds is 6. The molecule has 0 aliphatic heterocycles. The van der Waals surface area contributed by atoms with Crippen molar-refractivity contribution in [2.75, 3.05) is 11.1 Å². The van der Waals surface area contributed by atoms with E-state index in [0.29, 0.717) is 29.2 Å². The van der Waals surface area contributed by atoms with E-state index in [1.807, 2.05) is 40.8 Å². The molecule has 0 unspecified atom stereocenters. The summed E-state index contributed by atoms with van der Waals surface area (Å²) >= 11 is 1.50. The quantitative estimate of drug-likeness (QED) is 0.343. The van der Waals surface area contributed by atoms with Gasteiger partial charge in [-0.25, -0.2) is 10.1 Å². The molecule has 5 aromatic rings. The van der Waals surface area contributed by atoms with Gasteiger partial charge in [-0.2, -0.15) is 15.0 Å². The second-order valence-corrected chi connectivity index (χ2v) is 8.33. The summed E-state index contributed by atoms with van der Waals surface area (Å²) in [5.41, 5.74) is 10.0. The van der Waals surface area contributed by atoms with E-state index in [9.17, 15) is 0 Å². The smallest absolute Gasteiger partial charge is 0.232 e. The van der Waals surface area contributed by atoms with E-state index in [4.69, 9.17) is 5.73 Å². The van der Waals surface area contributed by atoms with E-state index in [-0.39, 0.29) is 5.95 Å². The minimum atomic E-state index is 0.173. The normalized spacial score (nSPS) is 11.6. The minimum absolute atomic E-state index is 0.173. The fraction of sp³-hybridized carbons (Fsp3) is 0.190. The van der Waals surface area contributed by atoms with Gasteiger partial charge in [0.05, 0.1) is 16.8 Å². The molecule has 9 nitrogen and oxygen atoms in total. The largest absolute Gasteiger partial charge is 0.368 e. The molecule has 0 bridgehead atoms. The van der Waals surface area contributed by atoms with Crippen molar-refractivity contribution < 1.29 is 0 Å². The number of H-pyrrole nitrogens is 1. The molecule has 0 spiro atoms. The highest BCUT2D eigenvalue weighted by atomic mass is 32.2. The highest BCUT2D eigenvalue weighted by molar-refractivity contribution is 7.98. The number of thioether (sulfide) groups is 1. The molecule has 0 saturated heterocycles. The average Bonchev–Trinajstić information content (AvgIpc) is 3.31. The van der Waals surface area contributed by atoms with E-state index in [1.165, 1.54) is 17.3 Å². The Kier molecular flexibility index (Phi) is 4.91. The molecule has 156 valence electrons. The molecule has 2 aromatic carbocycles. The Morgan fingerprint density at radius 2 is 1.84 bits per heavy atom. The predicted molar refractivity (Wildman–Crippen MR) is 122 cm³/mol. The lowest BCUT2D eigenvalue weighted by atomic mass is 10.0. The molecule has 4 N–H and O–H groups in total. The Morgan fingerprint density at radius 3 is 2.65 bits per heavy atom. The van der Waals surface area contributed by atoms with Crippen molar-refractivity contribution in [1.29, 1.82) is 0 Å². The maximum absolute atomic E-state index is 5.93. The predicted octanol–water partition coefficient (Wildman–Crippen LogP) is 4.14. The fourth-order valence-corrected chi connectivity index (χ4v) is 4.12. The number of hydrogen-bond donors (Lipinski definition) is 3. The molecule has 3 heterocycles. The summed E-state index contributed by atoms with van der Waals surface area (Å²) in [5.74, 6) is 2.82. The van der Waals surface area contributed by atoms with Crippen LogP contribution in [0.3, 0.4) is 0 Å². The van der Waals surface area contributed by atoms with Crippen LogP contribution in [-0.2, 0) is 5.75 Å². The van der Waals surface area contributed by atoms with Crippen LogP contribution in [0, 0.1) is 0 Å². The summed E-state index contributed by atoms with van der Waals surface area (Å²) in [6, 6.07) is 16.1. The molecule has 0 amide bonds. The van der Waals surface area contributed by atoms with Gasteiger partial charge >= 0.3 is 0 Å². The topological polar surface area (TPSA) is 123 Å². The number of fused-ring (bicyclic) bond motifs is 3. The first-order valence-electron chi connectivity index (χ1n) is 9.88. The summed E-state index contributed by atoms with van der Waals surface area (Å²) in [6.07, 6.45) is 0. The third-order valence-corrected chi connectivity index (χ3v) is 5.80. The Labute approximate surface area is 182 Å². The first kappa shape index (κ1) is 19.3. The molecule has 0 aliphatic rings. The number of hydrogen-bond acceptors (Lipinski definition) is 8. The number of nitrogen functional groups attached to an aromatic ring is 1. The lowest BCUT2D eigenvalue weighted by Crippen LogP contribution is -2.06. The van der Waals surface area contributed by atoms with Gasteiger partial charge in [0.2, 0.25) is 17.7 Å². The lowest BCUT2D eigenvalue weighted by molar-refractivity contribution is 0.867. The van der Waals surface area contributed by atoms with Gasteiger partial charge in [0.1, 0.15) is 5.82 Å². The van der Waals surface area contributed by atoms with Gasteiger partial charge in [0.25, 0.3) is 0 Å². The van der Waals surface area contributed by atoms with Crippen LogP contribution in [0.25, 0.3) is 16.8 Å². The zero-order valence-corrected chi connectivity index (χ0v) is 17.9. The zero-order chi connectivity index (χ0) is 21.4. The van der Waals surface area contributed by atoms with Crippen LogP contribution in [0.1, 0.15) is 31.2 Å². The molecule has 5 rings (SSSR count). The first-order valence-corrected chi connectivity index (χ1v) is 10.9. The van der Waals surface area contributed by atoms with E-state index in [2.05, 4.69) is 61.4 Å². The number of aromatic amines is 1. The summed E-state index contributed by atoms with van der Waals surface area (Å²) in [6.45, 7) is 4.33. The number of anilines is 3. The first-order chi connectivity index (χ1) is 15.1. The number of nitrogens with one attached hydrogen (secondary N) is 2. The van der Waals surface area contributed by atoms with Gasteiger partial charge in [-0.3, -0.25) is 4.40 Å². The van der Waals surface area contributed by atoms with Crippen LogP contribution in [-0.4, -0.2) is 34.5 Å². The molecule has 0 aliphatic carbocycles. The van der Waals surface area contributed by atoms with Crippen LogP contribution in [0.4, 0.5) is 17.6 Å². The van der Waals surface area contributed by atoms with Crippen LogP contribution in [0.15, 0.2) is 53.7 Å². The van der Waals surface area contributed by atoms with E-state index in [0.717, 1.165) is 21.9 Å².